The molecule has 0 N–H and O–H groups in total. The quantitative estimate of drug-likeness (QED) is 0.564. The fourth-order valence-corrected chi connectivity index (χ4v) is 3.55. The van der Waals surface area contributed by atoms with E-state index in [4.69, 9.17) is 4.74 Å². The first kappa shape index (κ1) is 17.5. The van der Waals surface area contributed by atoms with Crippen LogP contribution in [0.15, 0.2) is 70.7 Å². The molecule has 25 heavy (non-hydrogen) atoms. The van der Waals surface area contributed by atoms with E-state index in [1.54, 1.807) is 11.8 Å². The molecule has 0 unspecified atom stereocenters. The third kappa shape index (κ3) is 4.60. The van der Waals surface area contributed by atoms with Crippen LogP contribution in [0.25, 0.3) is 0 Å². The maximum absolute atomic E-state index is 6.26. The highest BCUT2D eigenvalue weighted by atomic mass is 32.2. The predicted molar refractivity (Wildman–Crippen MR) is 102 cm³/mol. The summed E-state index contributed by atoms with van der Waals surface area (Å²) in [4.78, 5) is 10.0. The fraction of sp³-hybridized carbons (Fsp3) is 0.238. The minimum Gasteiger partial charge on any atom is -0.483 e. The molecular formula is C21H22N2OS. The minimum atomic E-state index is -0.402. The molecule has 0 fully saturated rings. The smallest absolute Gasteiger partial charge is 0.192 e. The molecule has 0 amide bonds. The molecular weight excluding hydrogens is 328 g/mol. The van der Waals surface area contributed by atoms with Crippen LogP contribution in [0.3, 0.4) is 0 Å². The van der Waals surface area contributed by atoms with Gasteiger partial charge in [0, 0.05) is 16.3 Å². The summed E-state index contributed by atoms with van der Waals surface area (Å²) in [6.45, 7) is 8.13. The first-order chi connectivity index (χ1) is 11.9. The summed E-state index contributed by atoms with van der Waals surface area (Å²) in [5.74, 6) is 0.836. The van der Waals surface area contributed by atoms with Crippen LogP contribution >= 0.6 is 11.8 Å². The third-order valence-electron chi connectivity index (χ3n) is 3.82. The number of aryl methyl sites for hydroxylation is 2. The summed E-state index contributed by atoms with van der Waals surface area (Å²) in [6.07, 6.45) is 0. The number of benzene rings is 2. The van der Waals surface area contributed by atoms with Gasteiger partial charge in [0.2, 0.25) is 0 Å². The van der Waals surface area contributed by atoms with Crippen LogP contribution in [-0.2, 0) is 5.60 Å². The first-order valence-corrected chi connectivity index (χ1v) is 9.09. The molecule has 0 spiro atoms. The van der Waals surface area contributed by atoms with Crippen molar-refractivity contribution in [2.75, 3.05) is 0 Å². The standard InChI is InChI=1S/C21H22N2OS/c1-15-13-16(2)23-20(22-15)25-19-12-8-11-18(14-19)24-21(3,4)17-9-6-5-7-10-17/h5-14H,1-4H3. The molecule has 2 aromatic carbocycles. The van der Waals surface area contributed by atoms with Crippen molar-refractivity contribution in [1.29, 1.82) is 0 Å². The van der Waals surface area contributed by atoms with Crippen molar-refractivity contribution in [3.05, 3.63) is 77.6 Å². The topological polar surface area (TPSA) is 35.0 Å². The summed E-state index contributed by atoms with van der Waals surface area (Å²) in [7, 11) is 0. The Hall–Kier alpha value is -2.33. The largest absolute Gasteiger partial charge is 0.483 e. The van der Waals surface area contributed by atoms with Crippen molar-refractivity contribution < 1.29 is 4.74 Å². The van der Waals surface area contributed by atoms with Crippen LogP contribution in [0.2, 0.25) is 0 Å². The van der Waals surface area contributed by atoms with Crippen LogP contribution in [-0.4, -0.2) is 9.97 Å². The average molecular weight is 350 g/mol. The molecule has 3 aromatic rings. The maximum Gasteiger partial charge on any atom is 0.192 e. The summed E-state index contributed by atoms with van der Waals surface area (Å²) >= 11 is 1.55. The highest BCUT2D eigenvalue weighted by Crippen LogP contribution is 2.32. The Labute approximate surface area is 153 Å². The summed E-state index contributed by atoms with van der Waals surface area (Å²) < 4.78 is 6.26. The van der Waals surface area contributed by atoms with Crippen LogP contribution in [0, 0.1) is 13.8 Å². The van der Waals surface area contributed by atoms with E-state index < -0.39 is 5.60 Å². The van der Waals surface area contributed by atoms with Crippen LogP contribution in [0.4, 0.5) is 0 Å². The van der Waals surface area contributed by atoms with Gasteiger partial charge in [0.25, 0.3) is 0 Å². The molecule has 0 atom stereocenters. The van der Waals surface area contributed by atoms with E-state index in [0.717, 1.165) is 32.8 Å². The molecule has 0 bridgehead atoms. The van der Waals surface area contributed by atoms with Crippen molar-refractivity contribution in [2.24, 2.45) is 0 Å². The zero-order chi connectivity index (χ0) is 17.9. The Kier molecular flexibility index (Phi) is 5.09. The van der Waals surface area contributed by atoms with Gasteiger partial charge in [0.15, 0.2) is 5.16 Å². The van der Waals surface area contributed by atoms with Gasteiger partial charge in [-0.15, -0.1) is 0 Å². The van der Waals surface area contributed by atoms with E-state index in [2.05, 4.69) is 35.9 Å². The lowest BCUT2D eigenvalue weighted by molar-refractivity contribution is 0.108. The van der Waals surface area contributed by atoms with Gasteiger partial charge in [0.1, 0.15) is 11.4 Å². The second-order valence-corrected chi connectivity index (χ2v) is 7.53. The van der Waals surface area contributed by atoms with Gasteiger partial charge < -0.3 is 4.74 Å². The normalized spacial score (nSPS) is 11.4. The zero-order valence-corrected chi connectivity index (χ0v) is 15.8. The van der Waals surface area contributed by atoms with Crippen LogP contribution in [0.5, 0.6) is 5.75 Å². The minimum absolute atomic E-state index is 0.402. The molecule has 0 aliphatic rings. The van der Waals surface area contributed by atoms with Gasteiger partial charge >= 0.3 is 0 Å². The number of ether oxygens (including phenoxy) is 1. The lowest BCUT2D eigenvalue weighted by atomic mass is 9.98. The SMILES string of the molecule is Cc1cc(C)nc(Sc2cccc(OC(C)(C)c3ccccc3)c2)n1. The van der Waals surface area contributed by atoms with E-state index >= 15 is 0 Å². The Morgan fingerprint density at radius 3 is 2.20 bits per heavy atom. The molecule has 0 aliphatic carbocycles. The predicted octanol–water partition coefficient (Wildman–Crippen LogP) is 5.56. The van der Waals surface area contributed by atoms with Crippen LogP contribution in [0.1, 0.15) is 30.8 Å². The Morgan fingerprint density at radius 2 is 1.52 bits per heavy atom. The molecule has 3 rings (SSSR count). The number of hydrogen-bond acceptors (Lipinski definition) is 4. The van der Waals surface area contributed by atoms with Gasteiger partial charge in [-0.25, -0.2) is 9.97 Å². The molecule has 1 heterocycles. The number of aromatic nitrogens is 2. The Bertz CT molecular complexity index is 843. The number of nitrogens with zero attached hydrogens (tertiary/aromatic N) is 2. The highest BCUT2D eigenvalue weighted by molar-refractivity contribution is 7.99. The summed E-state index contributed by atoms with van der Waals surface area (Å²) in [6, 6.07) is 20.3. The molecule has 0 radical (unpaired) electrons. The van der Waals surface area contributed by atoms with E-state index in [-0.39, 0.29) is 0 Å². The maximum atomic E-state index is 6.26. The number of hydrogen-bond donors (Lipinski definition) is 0. The third-order valence-corrected chi connectivity index (χ3v) is 4.67. The first-order valence-electron chi connectivity index (χ1n) is 8.27. The van der Waals surface area contributed by atoms with Crippen molar-refractivity contribution in [3.8, 4) is 5.75 Å². The van der Waals surface area contributed by atoms with Crippen molar-refractivity contribution >= 4 is 11.8 Å². The van der Waals surface area contributed by atoms with Crippen molar-refractivity contribution in [3.63, 3.8) is 0 Å². The summed E-state index contributed by atoms with van der Waals surface area (Å²) in [5, 5.41) is 0.761. The van der Waals surface area contributed by atoms with Gasteiger partial charge in [0.05, 0.1) is 0 Å². The fourth-order valence-electron chi connectivity index (χ4n) is 2.64. The molecule has 0 saturated heterocycles. The Morgan fingerprint density at radius 1 is 0.840 bits per heavy atom. The van der Waals surface area contributed by atoms with E-state index in [0.29, 0.717) is 0 Å². The zero-order valence-electron chi connectivity index (χ0n) is 15.0. The summed E-state index contributed by atoms with van der Waals surface area (Å²) in [5.41, 5.74) is 2.70. The molecule has 128 valence electrons. The lowest BCUT2D eigenvalue weighted by Crippen LogP contribution is -2.25. The van der Waals surface area contributed by atoms with Gasteiger partial charge in [-0.2, -0.15) is 0 Å². The van der Waals surface area contributed by atoms with E-state index in [1.807, 2.05) is 62.4 Å². The van der Waals surface area contributed by atoms with Gasteiger partial charge in [-0.1, -0.05) is 36.4 Å². The molecule has 0 aliphatic heterocycles. The molecule has 0 saturated carbocycles. The molecule has 1 aromatic heterocycles. The van der Waals surface area contributed by atoms with Gasteiger partial charge in [-0.3, -0.25) is 0 Å². The average Bonchev–Trinajstić information content (AvgIpc) is 2.54. The van der Waals surface area contributed by atoms with E-state index in [1.165, 1.54) is 0 Å². The lowest BCUT2D eigenvalue weighted by Gasteiger charge is -2.27. The van der Waals surface area contributed by atoms with Crippen LogP contribution < -0.4 is 4.74 Å². The molecule has 3 nitrogen and oxygen atoms in total. The van der Waals surface area contributed by atoms with Crippen molar-refractivity contribution in [2.45, 2.75) is 43.3 Å². The van der Waals surface area contributed by atoms with Gasteiger partial charge in [-0.05, 0) is 69.3 Å². The van der Waals surface area contributed by atoms with Crippen molar-refractivity contribution in [1.82, 2.24) is 9.97 Å². The highest BCUT2D eigenvalue weighted by Gasteiger charge is 2.22. The monoisotopic (exact) mass is 350 g/mol. The second-order valence-electron chi connectivity index (χ2n) is 6.49. The Balaban J connectivity index is 1.79. The van der Waals surface area contributed by atoms with E-state index in [9.17, 15) is 0 Å². The number of rotatable bonds is 5. The molecule has 4 heteroatoms. The second kappa shape index (κ2) is 7.28.